The van der Waals surface area contributed by atoms with E-state index in [1.54, 1.807) is 23.1 Å². The number of carbonyl (C=O) groups is 2. The van der Waals surface area contributed by atoms with E-state index in [2.05, 4.69) is 15.9 Å². The van der Waals surface area contributed by atoms with Crippen molar-refractivity contribution in [1.29, 1.82) is 0 Å². The Hall–Kier alpha value is -3.42. The van der Waals surface area contributed by atoms with Gasteiger partial charge in [-0.2, -0.15) is 0 Å². The van der Waals surface area contributed by atoms with Gasteiger partial charge in [0.1, 0.15) is 18.1 Å². The number of ether oxygens (including phenoxy) is 1. The van der Waals surface area contributed by atoms with Gasteiger partial charge < -0.3 is 19.6 Å². The van der Waals surface area contributed by atoms with Crippen molar-refractivity contribution < 1.29 is 19.4 Å². The smallest absolute Gasteiger partial charge is 0.295 e. The molecule has 36 heavy (non-hydrogen) atoms. The van der Waals surface area contributed by atoms with Crippen molar-refractivity contribution in [2.24, 2.45) is 0 Å². The molecule has 1 saturated heterocycles. The van der Waals surface area contributed by atoms with E-state index in [1.165, 1.54) is 0 Å². The predicted octanol–water partition coefficient (Wildman–Crippen LogP) is 5.32. The van der Waals surface area contributed by atoms with Crippen LogP contribution in [-0.4, -0.2) is 53.8 Å². The number of hydrogen-bond acceptors (Lipinski definition) is 5. The SMILES string of the molecule is Cc1cc(C(O)=C2C(=O)C(=O)N(CCN(C)C)[C@H]2c2cccc(Br)c2)ccc1OCc1ccccc1. The fourth-order valence-electron chi connectivity index (χ4n) is 4.29. The molecule has 3 aromatic carbocycles. The number of likely N-dealkylation sites (N-methyl/N-ethyl adjacent to an activating group) is 1. The van der Waals surface area contributed by atoms with E-state index in [4.69, 9.17) is 4.74 Å². The number of carbonyl (C=O) groups excluding carboxylic acids is 2. The molecule has 1 heterocycles. The van der Waals surface area contributed by atoms with Gasteiger partial charge in [0.05, 0.1) is 11.6 Å². The molecule has 0 aromatic heterocycles. The summed E-state index contributed by atoms with van der Waals surface area (Å²) >= 11 is 3.48. The second-order valence-electron chi connectivity index (χ2n) is 9.11. The molecule has 1 amide bonds. The number of likely N-dealkylation sites (tertiary alicyclic amines) is 1. The molecular weight excluding hydrogens is 520 g/mol. The highest BCUT2D eigenvalue weighted by atomic mass is 79.9. The molecule has 1 aliphatic rings. The molecule has 186 valence electrons. The first kappa shape index (κ1) is 25.7. The van der Waals surface area contributed by atoms with Crippen LogP contribution in [-0.2, 0) is 16.2 Å². The van der Waals surface area contributed by atoms with Crippen molar-refractivity contribution in [3.63, 3.8) is 0 Å². The number of nitrogens with zero attached hydrogens (tertiary/aromatic N) is 2. The Kier molecular flexibility index (Phi) is 7.91. The van der Waals surface area contributed by atoms with Crippen LogP contribution in [0.1, 0.15) is 28.3 Å². The maximum absolute atomic E-state index is 13.2. The summed E-state index contributed by atoms with van der Waals surface area (Å²) in [5, 5.41) is 11.3. The summed E-state index contributed by atoms with van der Waals surface area (Å²) in [6, 6.07) is 21.9. The van der Waals surface area contributed by atoms with E-state index >= 15 is 0 Å². The number of halogens is 1. The number of aryl methyl sites for hydroxylation is 1. The molecule has 0 radical (unpaired) electrons. The summed E-state index contributed by atoms with van der Waals surface area (Å²) in [5.41, 5.74) is 3.18. The lowest BCUT2D eigenvalue weighted by atomic mass is 9.95. The Balaban J connectivity index is 1.70. The molecule has 4 rings (SSSR count). The molecule has 1 fully saturated rings. The number of amides is 1. The van der Waals surface area contributed by atoms with Gasteiger partial charge in [-0.15, -0.1) is 0 Å². The van der Waals surface area contributed by atoms with Gasteiger partial charge in [-0.1, -0.05) is 58.4 Å². The molecule has 0 saturated carbocycles. The molecule has 6 nitrogen and oxygen atoms in total. The maximum atomic E-state index is 13.2. The van der Waals surface area contributed by atoms with Crippen molar-refractivity contribution in [2.75, 3.05) is 27.2 Å². The molecule has 0 bridgehead atoms. The summed E-state index contributed by atoms with van der Waals surface area (Å²) in [7, 11) is 3.82. The lowest BCUT2D eigenvalue weighted by Crippen LogP contribution is -2.35. The topological polar surface area (TPSA) is 70.1 Å². The Morgan fingerprint density at radius 3 is 2.44 bits per heavy atom. The first-order valence-electron chi connectivity index (χ1n) is 11.7. The van der Waals surface area contributed by atoms with Gasteiger partial charge in [-0.3, -0.25) is 9.59 Å². The third-order valence-electron chi connectivity index (χ3n) is 6.18. The number of aliphatic hydroxyl groups excluding tert-OH is 1. The molecule has 0 unspecified atom stereocenters. The minimum absolute atomic E-state index is 0.0919. The summed E-state index contributed by atoms with van der Waals surface area (Å²) in [6.45, 7) is 3.26. The van der Waals surface area contributed by atoms with Crippen molar-refractivity contribution in [1.82, 2.24) is 9.80 Å². The Labute approximate surface area is 219 Å². The van der Waals surface area contributed by atoms with Crippen LogP contribution in [0.5, 0.6) is 5.75 Å². The standard InChI is InChI=1S/C29H29BrN2O4/c1-19-16-22(12-13-24(19)36-18-20-8-5-4-6-9-20)27(33)25-26(21-10-7-11-23(30)17-21)32(15-14-31(2)3)29(35)28(25)34/h4-13,16-17,26,33H,14-15,18H2,1-3H3/t26-/m0/s1. The van der Waals surface area contributed by atoms with E-state index < -0.39 is 17.7 Å². The Bertz CT molecular complexity index is 1300. The van der Waals surface area contributed by atoms with E-state index in [1.807, 2.05) is 80.5 Å². The number of ketones is 1. The van der Waals surface area contributed by atoms with Crippen LogP contribution in [0.25, 0.3) is 5.76 Å². The van der Waals surface area contributed by atoms with Crippen LogP contribution in [0.15, 0.2) is 82.8 Å². The predicted molar refractivity (Wildman–Crippen MR) is 144 cm³/mol. The number of aliphatic hydroxyl groups is 1. The normalized spacial score (nSPS) is 17.1. The van der Waals surface area contributed by atoms with Crippen molar-refractivity contribution in [2.45, 2.75) is 19.6 Å². The highest BCUT2D eigenvalue weighted by Crippen LogP contribution is 2.40. The zero-order valence-electron chi connectivity index (χ0n) is 20.6. The second-order valence-corrected chi connectivity index (χ2v) is 10.0. The van der Waals surface area contributed by atoms with Gasteiger partial charge >= 0.3 is 0 Å². The van der Waals surface area contributed by atoms with Gasteiger partial charge in [0.2, 0.25) is 0 Å². The van der Waals surface area contributed by atoms with Crippen molar-refractivity contribution >= 4 is 33.4 Å². The quantitative estimate of drug-likeness (QED) is 0.234. The van der Waals surface area contributed by atoms with E-state index in [-0.39, 0.29) is 11.3 Å². The van der Waals surface area contributed by atoms with Crippen molar-refractivity contribution in [3.05, 3.63) is 105 Å². The van der Waals surface area contributed by atoms with Crippen LogP contribution < -0.4 is 4.74 Å². The second kappa shape index (κ2) is 11.1. The average Bonchev–Trinajstić information content (AvgIpc) is 3.11. The van der Waals surface area contributed by atoms with E-state index in [0.717, 1.165) is 21.2 Å². The molecule has 0 spiro atoms. The number of rotatable bonds is 8. The Morgan fingerprint density at radius 2 is 1.78 bits per heavy atom. The molecule has 7 heteroatoms. The van der Waals surface area contributed by atoms with Gasteiger partial charge in [-0.25, -0.2) is 0 Å². The zero-order valence-corrected chi connectivity index (χ0v) is 22.2. The highest BCUT2D eigenvalue weighted by Gasteiger charge is 2.45. The minimum Gasteiger partial charge on any atom is -0.507 e. The van der Waals surface area contributed by atoms with Crippen LogP contribution >= 0.6 is 15.9 Å². The molecular formula is C29H29BrN2O4. The lowest BCUT2D eigenvalue weighted by molar-refractivity contribution is -0.140. The van der Waals surface area contributed by atoms with E-state index in [9.17, 15) is 14.7 Å². The third-order valence-corrected chi connectivity index (χ3v) is 6.67. The average molecular weight is 549 g/mol. The van der Waals surface area contributed by atoms with Crippen LogP contribution in [0, 0.1) is 6.92 Å². The number of Topliss-reactive ketones (excluding diaryl/α,β-unsaturated/α-hetero) is 1. The van der Waals surface area contributed by atoms with Crippen LogP contribution in [0.3, 0.4) is 0 Å². The number of benzene rings is 3. The molecule has 1 N–H and O–H groups in total. The maximum Gasteiger partial charge on any atom is 0.295 e. The highest BCUT2D eigenvalue weighted by molar-refractivity contribution is 9.10. The lowest BCUT2D eigenvalue weighted by Gasteiger charge is -2.26. The summed E-state index contributed by atoms with van der Waals surface area (Å²) in [4.78, 5) is 29.7. The first-order valence-corrected chi connectivity index (χ1v) is 12.5. The summed E-state index contributed by atoms with van der Waals surface area (Å²) in [6.07, 6.45) is 0. The monoisotopic (exact) mass is 548 g/mol. The zero-order chi connectivity index (χ0) is 25.8. The molecule has 1 atom stereocenters. The molecule has 3 aromatic rings. The fourth-order valence-corrected chi connectivity index (χ4v) is 4.71. The number of hydrogen-bond donors (Lipinski definition) is 1. The summed E-state index contributed by atoms with van der Waals surface area (Å²) < 4.78 is 6.79. The Morgan fingerprint density at radius 1 is 1.03 bits per heavy atom. The summed E-state index contributed by atoms with van der Waals surface area (Å²) in [5.74, 6) is -0.796. The van der Waals surface area contributed by atoms with Crippen molar-refractivity contribution in [3.8, 4) is 5.75 Å². The van der Waals surface area contributed by atoms with Gasteiger partial charge in [0, 0.05) is 23.1 Å². The fraction of sp³-hybridized carbons (Fsp3) is 0.241. The largest absolute Gasteiger partial charge is 0.507 e. The first-order chi connectivity index (χ1) is 17.3. The van der Waals surface area contributed by atoms with Gasteiger partial charge in [0.15, 0.2) is 0 Å². The molecule has 1 aliphatic heterocycles. The van der Waals surface area contributed by atoms with Gasteiger partial charge in [0.25, 0.3) is 11.7 Å². The van der Waals surface area contributed by atoms with E-state index in [0.29, 0.717) is 31.0 Å². The third kappa shape index (κ3) is 5.53. The van der Waals surface area contributed by atoms with Crippen LogP contribution in [0.4, 0.5) is 0 Å². The van der Waals surface area contributed by atoms with Gasteiger partial charge in [-0.05, 0) is 68.0 Å². The molecule has 0 aliphatic carbocycles. The van der Waals surface area contributed by atoms with Crippen LogP contribution in [0.2, 0.25) is 0 Å². The minimum atomic E-state index is -0.684.